The van der Waals surface area contributed by atoms with Crippen LogP contribution in [-0.2, 0) is 5.72 Å². The molecule has 3 heteroatoms. The normalized spacial score (nSPS) is 15.1. The van der Waals surface area contributed by atoms with E-state index in [1.807, 2.05) is 6.92 Å². The summed E-state index contributed by atoms with van der Waals surface area (Å²) in [6.07, 6.45) is 0.485. The Morgan fingerprint density at radius 1 is 1.38 bits per heavy atom. The molecular formula is C10H15NO2. The van der Waals surface area contributed by atoms with Crippen molar-refractivity contribution in [1.82, 2.24) is 0 Å². The van der Waals surface area contributed by atoms with Gasteiger partial charge in [-0.1, -0.05) is 19.1 Å². The van der Waals surface area contributed by atoms with Crippen molar-refractivity contribution in [2.75, 3.05) is 7.11 Å². The summed E-state index contributed by atoms with van der Waals surface area (Å²) in [7, 11) is 1.60. The summed E-state index contributed by atoms with van der Waals surface area (Å²) in [4.78, 5) is 0. The standard InChI is InChI=1S/C10H15NO2/c1-3-10(11,12)8-4-6-9(13-2)7-5-8/h4-7,12H,3,11H2,1-2H3. The van der Waals surface area contributed by atoms with Gasteiger partial charge >= 0.3 is 0 Å². The summed E-state index contributed by atoms with van der Waals surface area (Å²) in [5, 5.41) is 9.70. The second-order valence-electron chi connectivity index (χ2n) is 3.01. The minimum atomic E-state index is -1.23. The van der Waals surface area contributed by atoms with Crippen LogP contribution < -0.4 is 10.5 Å². The van der Waals surface area contributed by atoms with Crippen LogP contribution in [0.4, 0.5) is 0 Å². The van der Waals surface area contributed by atoms with Crippen LogP contribution >= 0.6 is 0 Å². The van der Waals surface area contributed by atoms with Crippen molar-refractivity contribution in [3.8, 4) is 5.75 Å². The molecule has 0 aliphatic carbocycles. The minimum absolute atomic E-state index is 0.485. The fraction of sp³-hybridized carbons (Fsp3) is 0.400. The molecule has 0 aromatic heterocycles. The lowest BCUT2D eigenvalue weighted by molar-refractivity contribution is 0.0394. The number of aliphatic hydroxyl groups is 1. The number of rotatable bonds is 3. The molecule has 1 atom stereocenters. The molecular weight excluding hydrogens is 166 g/mol. The molecule has 0 saturated carbocycles. The average molecular weight is 181 g/mol. The van der Waals surface area contributed by atoms with Crippen molar-refractivity contribution < 1.29 is 9.84 Å². The van der Waals surface area contributed by atoms with Gasteiger partial charge in [0, 0.05) is 0 Å². The first-order chi connectivity index (χ1) is 6.10. The van der Waals surface area contributed by atoms with E-state index < -0.39 is 5.72 Å². The van der Waals surface area contributed by atoms with Gasteiger partial charge in [-0.15, -0.1) is 0 Å². The van der Waals surface area contributed by atoms with Gasteiger partial charge in [0.2, 0.25) is 0 Å². The van der Waals surface area contributed by atoms with Gasteiger partial charge in [-0.25, -0.2) is 0 Å². The first-order valence-corrected chi connectivity index (χ1v) is 4.26. The van der Waals surface area contributed by atoms with Crippen LogP contribution in [0.3, 0.4) is 0 Å². The molecule has 72 valence electrons. The number of hydrogen-bond acceptors (Lipinski definition) is 3. The predicted octanol–water partition coefficient (Wildman–Crippen LogP) is 1.21. The molecule has 1 rings (SSSR count). The second-order valence-corrected chi connectivity index (χ2v) is 3.01. The second kappa shape index (κ2) is 3.77. The molecule has 3 N–H and O–H groups in total. The maximum atomic E-state index is 9.70. The molecule has 0 aliphatic rings. The predicted molar refractivity (Wildman–Crippen MR) is 51.4 cm³/mol. The molecule has 13 heavy (non-hydrogen) atoms. The maximum Gasteiger partial charge on any atom is 0.139 e. The lowest BCUT2D eigenvalue weighted by atomic mass is 10.0. The largest absolute Gasteiger partial charge is 0.497 e. The van der Waals surface area contributed by atoms with Gasteiger partial charge in [-0.2, -0.15) is 0 Å². The molecule has 0 saturated heterocycles. The van der Waals surface area contributed by atoms with E-state index in [1.54, 1.807) is 31.4 Å². The number of methoxy groups -OCH3 is 1. The molecule has 1 aromatic rings. The Morgan fingerprint density at radius 2 is 1.92 bits per heavy atom. The van der Waals surface area contributed by atoms with E-state index in [1.165, 1.54) is 0 Å². The zero-order chi connectivity index (χ0) is 9.90. The number of ether oxygens (including phenoxy) is 1. The Bertz CT molecular complexity index is 267. The van der Waals surface area contributed by atoms with E-state index in [-0.39, 0.29) is 0 Å². The molecule has 0 bridgehead atoms. The van der Waals surface area contributed by atoms with Crippen molar-refractivity contribution in [1.29, 1.82) is 0 Å². The topological polar surface area (TPSA) is 55.5 Å². The van der Waals surface area contributed by atoms with Gasteiger partial charge in [0.25, 0.3) is 0 Å². The highest BCUT2D eigenvalue weighted by molar-refractivity contribution is 5.30. The van der Waals surface area contributed by atoms with Gasteiger partial charge in [-0.05, 0) is 24.1 Å². The highest BCUT2D eigenvalue weighted by atomic mass is 16.5. The van der Waals surface area contributed by atoms with E-state index in [4.69, 9.17) is 10.5 Å². The van der Waals surface area contributed by atoms with E-state index in [0.29, 0.717) is 12.0 Å². The summed E-state index contributed by atoms with van der Waals surface area (Å²) in [5.74, 6) is 0.760. The molecule has 0 fully saturated rings. The zero-order valence-corrected chi connectivity index (χ0v) is 7.95. The van der Waals surface area contributed by atoms with Crippen LogP contribution in [0.2, 0.25) is 0 Å². The van der Waals surface area contributed by atoms with Gasteiger partial charge in [-0.3, -0.25) is 5.73 Å². The summed E-state index contributed by atoms with van der Waals surface area (Å²) >= 11 is 0. The summed E-state index contributed by atoms with van der Waals surface area (Å²) in [6.45, 7) is 1.84. The molecule has 0 spiro atoms. The van der Waals surface area contributed by atoms with Gasteiger partial charge in [0.15, 0.2) is 0 Å². The van der Waals surface area contributed by atoms with Crippen LogP contribution in [0, 0.1) is 0 Å². The van der Waals surface area contributed by atoms with Gasteiger partial charge < -0.3 is 9.84 Å². The fourth-order valence-corrected chi connectivity index (χ4v) is 1.08. The zero-order valence-electron chi connectivity index (χ0n) is 7.95. The van der Waals surface area contributed by atoms with Crippen LogP contribution in [0.15, 0.2) is 24.3 Å². The lowest BCUT2D eigenvalue weighted by Crippen LogP contribution is -2.35. The highest BCUT2D eigenvalue weighted by Gasteiger charge is 2.20. The third-order valence-electron chi connectivity index (χ3n) is 2.13. The van der Waals surface area contributed by atoms with E-state index >= 15 is 0 Å². The van der Waals surface area contributed by atoms with Crippen molar-refractivity contribution in [2.24, 2.45) is 5.73 Å². The Balaban J connectivity index is 2.92. The van der Waals surface area contributed by atoms with Crippen molar-refractivity contribution in [3.63, 3.8) is 0 Å². The van der Waals surface area contributed by atoms with Gasteiger partial charge in [0.05, 0.1) is 7.11 Å². The Morgan fingerprint density at radius 3 is 2.31 bits per heavy atom. The third-order valence-corrected chi connectivity index (χ3v) is 2.13. The molecule has 0 heterocycles. The Labute approximate surface area is 78.1 Å². The van der Waals surface area contributed by atoms with Crippen LogP contribution in [0.25, 0.3) is 0 Å². The van der Waals surface area contributed by atoms with Crippen LogP contribution in [0.1, 0.15) is 18.9 Å². The monoisotopic (exact) mass is 181 g/mol. The molecule has 0 amide bonds. The van der Waals surface area contributed by atoms with E-state index in [2.05, 4.69) is 0 Å². The first kappa shape index (κ1) is 10.0. The third kappa shape index (κ3) is 2.20. The highest BCUT2D eigenvalue weighted by Crippen LogP contribution is 2.21. The molecule has 1 unspecified atom stereocenters. The van der Waals surface area contributed by atoms with Crippen molar-refractivity contribution in [3.05, 3.63) is 29.8 Å². The van der Waals surface area contributed by atoms with E-state index in [9.17, 15) is 5.11 Å². The average Bonchev–Trinajstić information content (AvgIpc) is 2.18. The Hall–Kier alpha value is -1.06. The van der Waals surface area contributed by atoms with E-state index in [0.717, 1.165) is 5.75 Å². The molecule has 0 aliphatic heterocycles. The van der Waals surface area contributed by atoms with Crippen molar-refractivity contribution >= 4 is 0 Å². The smallest absolute Gasteiger partial charge is 0.139 e. The lowest BCUT2D eigenvalue weighted by Gasteiger charge is -2.21. The fourth-order valence-electron chi connectivity index (χ4n) is 1.08. The number of benzene rings is 1. The molecule has 0 radical (unpaired) electrons. The van der Waals surface area contributed by atoms with Crippen LogP contribution in [-0.4, -0.2) is 12.2 Å². The maximum absolute atomic E-state index is 9.70. The molecule has 3 nitrogen and oxygen atoms in total. The summed E-state index contributed by atoms with van der Waals surface area (Å²) in [6, 6.07) is 7.09. The first-order valence-electron chi connectivity index (χ1n) is 4.26. The summed E-state index contributed by atoms with van der Waals surface area (Å²) < 4.78 is 4.99. The Kier molecular flexibility index (Phi) is 2.90. The summed E-state index contributed by atoms with van der Waals surface area (Å²) in [5.41, 5.74) is 5.12. The minimum Gasteiger partial charge on any atom is -0.497 e. The van der Waals surface area contributed by atoms with Gasteiger partial charge in [0.1, 0.15) is 11.5 Å². The number of nitrogens with two attached hydrogens (primary N) is 1. The quantitative estimate of drug-likeness (QED) is 0.689. The molecule has 1 aromatic carbocycles. The number of hydrogen-bond donors (Lipinski definition) is 2. The van der Waals surface area contributed by atoms with Crippen LogP contribution in [0.5, 0.6) is 5.75 Å². The SMILES string of the molecule is CCC(N)(O)c1ccc(OC)cc1. The van der Waals surface area contributed by atoms with Crippen molar-refractivity contribution in [2.45, 2.75) is 19.1 Å².